The molecule has 1 atom stereocenters. The molecule has 0 bridgehead atoms. The number of aliphatic hydroxyl groups is 1. The molecule has 0 fully saturated rings. The number of pyridine rings is 1. The summed E-state index contributed by atoms with van der Waals surface area (Å²) in [4.78, 5) is 3.97. The van der Waals surface area contributed by atoms with E-state index in [0.717, 1.165) is 11.8 Å². The first-order valence-corrected chi connectivity index (χ1v) is 6.98. The number of benzene rings is 1. The van der Waals surface area contributed by atoms with Crippen molar-refractivity contribution in [3.63, 3.8) is 0 Å². The number of hydrogen-bond acceptors (Lipinski definition) is 2. The molecule has 5 heteroatoms. The third kappa shape index (κ3) is 3.29. The van der Waals surface area contributed by atoms with Gasteiger partial charge in [0.1, 0.15) is 11.4 Å². The first-order valence-electron chi connectivity index (χ1n) is 6.23. The van der Waals surface area contributed by atoms with E-state index in [1.165, 1.54) is 12.1 Å². The van der Waals surface area contributed by atoms with E-state index < -0.39 is 11.4 Å². The minimum absolute atomic E-state index is 0.290. The Morgan fingerprint density at radius 2 is 2.00 bits per heavy atom. The number of hydrogen-bond donors (Lipinski definition) is 1. The van der Waals surface area contributed by atoms with Crippen molar-refractivity contribution >= 4 is 23.2 Å². The summed E-state index contributed by atoms with van der Waals surface area (Å²) < 4.78 is 12.9. The van der Waals surface area contributed by atoms with Gasteiger partial charge in [-0.1, -0.05) is 36.2 Å². The summed E-state index contributed by atoms with van der Waals surface area (Å²) in [6.45, 7) is 1.84. The smallest absolute Gasteiger partial charge is 0.141 e. The van der Waals surface area contributed by atoms with Crippen molar-refractivity contribution in [2.45, 2.75) is 25.4 Å². The van der Waals surface area contributed by atoms with Gasteiger partial charge in [-0.15, -0.1) is 0 Å². The molecule has 2 rings (SSSR count). The molecule has 1 heterocycles. The Morgan fingerprint density at radius 3 is 2.55 bits per heavy atom. The average molecular weight is 314 g/mol. The van der Waals surface area contributed by atoms with Gasteiger partial charge >= 0.3 is 0 Å². The molecule has 1 aromatic heterocycles. The fourth-order valence-corrected chi connectivity index (χ4v) is 2.50. The minimum Gasteiger partial charge on any atom is -0.383 e. The van der Waals surface area contributed by atoms with Crippen LogP contribution in [0.2, 0.25) is 10.0 Å². The second kappa shape index (κ2) is 6.08. The highest BCUT2D eigenvalue weighted by atomic mass is 35.5. The van der Waals surface area contributed by atoms with E-state index in [1.54, 1.807) is 18.2 Å². The van der Waals surface area contributed by atoms with Crippen molar-refractivity contribution in [1.29, 1.82) is 0 Å². The molecule has 0 saturated carbocycles. The van der Waals surface area contributed by atoms with Crippen LogP contribution in [0.15, 0.2) is 36.5 Å². The second-order valence-corrected chi connectivity index (χ2v) is 5.50. The highest BCUT2D eigenvalue weighted by molar-refractivity contribution is 6.35. The molecule has 2 nitrogen and oxygen atoms in total. The van der Waals surface area contributed by atoms with E-state index in [9.17, 15) is 9.50 Å². The normalized spacial score (nSPS) is 14.1. The van der Waals surface area contributed by atoms with E-state index in [0.29, 0.717) is 22.2 Å². The largest absolute Gasteiger partial charge is 0.383 e. The summed E-state index contributed by atoms with van der Waals surface area (Å²) >= 11 is 12.0. The van der Waals surface area contributed by atoms with Gasteiger partial charge in [-0.3, -0.25) is 4.98 Å². The minimum atomic E-state index is -1.19. The Kier molecular flexibility index (Phi) is 4.63. The molecule has 1 aromatic carbocycles. The molecule has 0 amide bonds. The van der Waals surface area contributed by atoms with E-state index in [2.05, 4.69) is 4.98 Å². The highest BCUT2D eigenvalue weighted by Crippen LogP contribution is 2.31. The van der Waals surface area contributed by atoms with Crippen LogP contribution in [0.5, 0.6) is 0 Å². The molecule has 1 unspecified atom stereocenters. The topological polar surface area (TPSA) is 33.1 Å². The van der Waals surface area contributed by atoms with Crippen LogP contribution in [0, 0.1) is 5.82 Å². The quantitative estimate of drug-likeness (QED) is 0.909. The molecular formula is C15H14Cl2FNO. The van der Waals surface area contributed by atoms with Gasteiger partial charge in [-0.2, -0.15) is 0 Å². The van der Waals surface area contributed by atoms with Crippen LogP contribution < -0.4 is 0 Å². The maximum absolute atomic E-state index is 12.9. The fourth-order valence-electron chi connectivity index (χ4n) is 2.03. The molecule has 20 heavy (non-hydrogen) atoms. The van der Waals surface area contributed by atoms with Gasteiger partial charge in [0.25, 0.3) is 0 Å². The van der Waals surface area contributed by atoms with E-state index >= 15 is 0 Å². The van der Waals surface area contributed by atoms with Crippen LogP contribution in [-0.4, -0.2) is 10.1 Å². The summed E-state index contributed by atoms with van der Waals surface area (Å²) in [5.41, 5.74) is 0.00416. The van der Waals surface area contributed by atoms with Gasteiger partial charge in [0, 0.05) is 16.5 Å². The maximum atomic E-state index is 12.9. The van der Waals surface area contributed by atoms with Crippen LogP contribution in [0.25, 0.3) is 0 Å². The zero-order chi connectivity index (χ0) is 14.8. The highest BCUT2D eigenvalue weighted by Gasteiger charge is 2.30. The number of halogens is 3. The van der Waals surface area contributed by atoms with Crippen molar-refractivity contribution in [2.24, 2.45) is 0 Å². The lowest BCUT2D eigenvalue weighted by atomic mass is 9.88. The summed E-state index contributed by atoms with van der Waals surface area (Å²) in [5.74, 6) is -0.434. The van der Waals surface area contributed by atoms with Crippen LogP contribution in [0.3, 0.4) is 0 Å². The Balaban J connectivity index is 2.33. The summed E-state index contributed by atoms with van der Waals surface area (Å²) in [5, 5.41) is 11.8. The standard InChI is InChI=1S/C15H14Cl2FNO/c1-2-15(20,14-6-5-12(18)9-19-14)8-10-3-4-11(16)7-13(10)17/h3-7,9,20H,2,8H2,1H3. The third-order valence-corrected chi connectivity index (χ3v) is 3.87. The molecule has 0 saturated heterocycles. The summed E-state index contributed by atoms with van der Waals surface area (Å²) in [6, 6.07) is 7.90. The van der Waals surface area contributed by atoms with Crippen molar-refractivity contribution in [1.82, 2.24) is 4.98 Å². The van der Waals surface area contributed by atoms with E-state index in [1.807, 2.05) is 6.92 Å². The predicted molar refractivity (Wildman–Crippen MR) is 78.5 cm³/mol. The zero-order valence-electron chi connectivity index (χ0n) is 10.9. The van der Waals surface area contributed by atoms with Gasteiger partial charge in [-0.05, 0) is 36.2 Å². The number of aromatic nitrogens is 1. The molecule has 1 N–H and O–H groups in total. The maximum Gasteiger partial charge on any atom is 0.141 e. The Labute approximate surface area is 127 Å². The monoisotopic (exact) mass is 313 g/mol. The number of rotatable bonds is 4. The summed E-state index contributed by atoms with van der Waals surface area (Å²) in [6.07, 6.45) is 1.82. The van der Waals surface area contributed by atoms with Crippen LogP contribution in [-0.2, 0) is 12.0 Å². The van der Waals surface area contributed by atoms with Gasteiger partial charge in [0.15, 0.2) is 0 Å². The van der Waals surface area contributed by atoms with Crippen molar-refractivity contribution < 1.29 is 9.50 Å². The fraction of sp³-hybridized carbons (Fsp3) is 0.267. The first kappa shape index (κ1) is 15.2. The van der Waals surface area contributed by atoms with Gasteiger partial charge < -0.3 is 5.11 Å². The van der Waals surface area contributed by atoms with E-state index in [4.69, 9.17) is 23.2 Å². The number of nitrogens with zero attached hydrogens (tertiary/aromatic N) is 1. The molecule has 0 aliphatic carbocycles. The SMILES string of the molecule is CCC(O)(Cc1ccc(Cl)cc1Cl)c1ccc(F)cn1. The van der Waals surface area contributed by atoms with Gasteiger partial charge in [0.05, 0.1) is 11.9 Å². The summed E-state index contributed by atoms with van der Waals surface area (Å²) in [7, 11) is 0. The molecular weight excluding hydrogens is 300 g/mol. The van der Waals surface area contributed by atoms with Crippen LogP contribution in [0.4, 0.5) is 4.39 Å². The van der Waals surface area contributed by atoms with Crippen LogP contribution >= 0.6 is 23.2 Å². The van der Waals surface area contributed by atoms with Gasteiger partial charge in [-0.25, -0.2) is 4.39 Å². The Bertz CT molecular complexity index is 603. The molecule has 0 aliphatic rings. The second-order valence-electron chi connectivity index (χ2n) is 4.66. The molecule has 106 valence electrons. The average Bonchev–Trinajstić information content (AvgIpc) is 2.42. The van der Waals surface area contributed by atoms with Crippen molar-refractivity contribution in [3.8, 4) is 0 Å². The Morgan fingerprint density at radius 1 is 1.25 bits per heavy atom. The lowest BCUT2D eigenvalue weighted by Gasteiger charge is -2.26. The Hall–Kier alpha value is -1.16. The molecule has 0 aliphatic heterocycles. The zero-order valence-corrected chi connectivity index (χ0v) is 12.4. The lowest BCUT2D eigenvalue weighted by molar-refractivity contribution is 0.0282. The first-order chi connectivity index (χ1) is 9.44. The van der Waals surface area contributed by atoms with E-state index in [-0.39, 0.29) is 6.42 Å². The molecule has 0 spiro atoms. The lowest BCUT2D eigenvalue weighted by Crippen LogP contribution is -2.29. The third-order valence-electron chi connectivity index (χ3n) is 3.29. The van der Waals surface area contributed by atoms with Crippen molar-refractivity contribution in [3.05, 3.63) is 63.6 Å². The van der Waals surface area contributed by atoms with Crippen LogP contribution in [0.1, 0.15) is 24.6 Å². The molecule has 2 aromatic rings. The van der Waals surface area contributed by atoms with Crippen molar-refractivity contribution in [2.75, 3.05) is 0 Å². The molecule has 0 radical (unpaired) electrons. The predicted octanol–water partition coefficient (Wildman–Crippen LogP) is 4.37. The van der Waals surface area contributed by atoms with Gasteiger partial charge in [0.2, 0.25) is 0 Å².